The molecule has 2 fully saturated rings. The third kappa shape index (κ3) is 2.95. The number of piperidine rings is 1. The topological polar surface area (TPSA) is 52.6 Å². The third-order valence-corrected chi connectivity index (χ3v) is 4.87. The van der Waals surface area contributed by atoms with Crippen LogP contribution in [0.3, 0.4) is 0 Å². The number of likely N-dealkylation sites (N-methyl/N-ethyl adjacent to an activating group) is 1. The van der Waals surface area contributed by atoms with E-state index in [1.165, 1.54) is 6.42 Å². The molecule has 2 aliphatic rings. The van der Waals surface area contributed by atoms with Gasteiger partial charge in [0.05, 0.1) is 11.1 Å². The van der Waals surface area contributed by atoms with Crippen LogP contribution in [0.2, 0.25) is 0 Å². The van der Waals surface area contributed by atoms with Crippen LogP contribution in [0.1, 0.15) is 52.9 Å². The van der Waals surface area contributed by atoms with Crippen molar-refractivity contribution < 1.29 is 9.90 Å². The Morgan fingerprint density at radius 2 is 2.16 bits per heavy atom. The number of rotatable bonds is 3. The van der Waals surface area contributed by atoms with Crippen molar-refractivity contribution >= 4 is 5.91 Å². The second kappa shape index (κ2) is 5.41. The highest BCUT2D eigenvalue weighted by Crippen LogP contribution is 2.40. The van der Waals surface area contributed by atoms with Crippen molar-refractivity contribution in [1.29, 1.82) is 0 Å². The Morgan fingerprint density at radius 3 is 2.84 bits per heavy atom. The highest BCUT2D eigenvalue weighted by Gasteiger charge is 2.45. The van der Waals surface area contributed by atoms with Crippen LogP contribution in [0.25, 0.3) is 0 Å². The molecule has 0 aromatic rings. The van der Waals surface area contributed by atoms with E-state index in [2.05, 4.69) is 5.32 Å². The van der Waals surface area contributed by atoms with Crippen molar-refractivity contribution in [2.24, 2.45) is 5.92 Å². The normalized spacial score (nSPS) is 32.0. The van der Waals surface area contributed by atoms with E-state index in [4.69, 9.17) is 0 Å². The summed E-state index contributed by atoms with van der Waals surface area (Å²) in [5, 5.41) is 13.9. The Balaban J connectivity index is 2.02. The van der Waals surface area contributed by atoms with Gasteiger partial charge in [-0.1, -0.05) is 19.8 Å². The van der Waals surface area contributed by atoms with Gasteiger partial charge in [0.25, 0.3) is 0 Å². The molecule has 0 bridgehead atoms. The summed E-state index contributed by atoms with van der Waals surface area (Å²) in [7, 11) is 0. The minimum atomic E-state index is -0.503. The van der Waals surface area contributed by atoms with Gasteiger partial charge in [0.1, 0.15) is 0 Å². The molecule has 1 amide bonds. The zero-order valence-electron chi connectivity index (χ0n) is 12.5. The van der Waals surface area contributed by atoms with E-state index in [0.717, 1.165) is 38.8 Å². The van der Waals surface area contributed by atoms with Gasteiger partial charge in [-0.3, -0.25) is 4.79 Å². The van der Waals surface area contributed by atoms with Crippen LogP contribution >= 0.6 is 0 Å². The molecule has 4 heteroatoms. The third-order valence-electron chi connectivity index (χ3n) is 4.87. The first-order valence-electron chi connectivity index (χ1n) is 7.66. The van der Waals surface area contributed by atoms with E-state index in [0.29, 0.717) is 6.54 Å². The van der Waals surface area contributed by atoms with Gasteiger partial charge < -0.3 is 15.3 Å². The lowest BCUT2D eigenvalue weighted by Gasteiger charge is -2.48. The Kier molecular flexibility index (Phi) is 4.21. The van der Waals surface area contributed by atoms with E-state index >= 15 is 0 Å². The summed E-state index contributed by atoms with van der Waals surface area (Å²) in [5.74, 6) is 0.443. The molecule has 110 valence electrons. The summed E-state index contributed by atoms with van der Waals surface area (Å²) in [6, 6.07) is 0. The fraction of sp³-hybridized carbons (Fsp3) is 0.933. The molecule has 19 heavy (non-hydrogen) atoms. The standard InChI is InChI=1S/C15H28N2O2/c1-4-16-14(2,3)13(18)17-10-9-15(19)8-6-5-7-12(15)11-17/h12,16,19H,4-11H2,1-3H3. The first-order valence-corrected chi connectivity index (χ1v) is 7.66. The van der Waals surface area contributed by atoms with Crippen molar-refractivity contribution in [2.45, 2.75) is 64.0 Å². The summed E-state index contributed by atoms with van der Waals surface area (Å²) in [4.78, 5) is 14.5. The molecule has 2 unspecified atom stereocenters. The number of carbonyl (C=O) groups excluding carboxylic acids is 1. The number of nitrogens with zero attached hydrogens (tertiary/aromatic N) is 1. The second-order valence-corrected chi connectivity index (χ2v) is 6.70. The summed E-state index contributed by atoms with van der Waals surface area (Å²) in [5.41, 5.74) is -1.00. The van der Waals surface area contributed by atoms with E-state index in [1.54, 1.807) is 0 Å². The average Bonchev–Trinajstić information content (AvgIpc) is 2.36. The van der Waals surface area contributed by atoms with Crippen molar-refractivity contribution in [3.8, 4) is 0 Å². The SMILES string of the molecule is CCNC(C)(C)C(=O)N1CCC2(O)CCCCC2C1. The second-order valence-electron chi connectivity index (χ2n) is 6.70. The zero-order chi connectivity index (χ0) is 14.1. The largest absolute Gasteiger partial charge is 0.389 e. The predicted octanol–water partition coefficient (Wildman–Crippen LogP) is 1.53. The Morgan fingerprint density at radius 1 is 1.42 bits per heavy atom. The maximum Gasteiger partial charge on any atom is 0.242 e. The van der Waals surface area contributed by atoms with E-state index < -0.39 is 11.1 Å². The molecule has 1 saturated carbocycles. The number of amides is 1. The van der Waals surface area contributed by atoms with Crippen LogP contribution < -0.4 is 5.32 Å². The molecule has 4 nitrogen and oxygen atoms in total. The molecule has 1 saturated heterocycles. The molecular weight excluding hydrogens is 240 g/mol. The van der Waals surface area contributed by atoms with Gasteiger partial charge in [-0.25, -0.2) is 0 Å². The molecule has 1 aliphatic carbocycles. The smallest absolute Gasteiger partial charge is 0.242 e. The fourth-order valence-corrected chi connectivity index (χ4v) is 3.67. The first kappa shape index (κ1) is 14.8. The van der Waals surface area contributed by atoms with Gasteiger partial charge in [0, 0.05) is 19.0 Å². The maximum absolute atomic E-state index is 12.6. The molecule has 1 aliphatic heterocycles. The molecule has 0 radical (unpaired) electrons. The predicted molar refractivity (Wildman–Crippen MR) is 75.9 cm³/mol. The lowest BCUT2D eigenvalue weighted by molar-refractivity contribution is -0.148. The summed E-state index contributed by atoms with van der Waals surface area (Å²) >= 11 is 0. The van der Waals surface area contributed by atoms with Crippen LogP contribution in [0.15, 0.2) is 0 Å². The lowest BCUT2D eigenvalue weighted by atomic mass is 9.71. The lowest BCUT2D eigenvalue weighted by Crippen LogP contribution is -2.60. The van der Waals surface area contributed by atoms with Gasteiger partial charge in [-0.05, 0) is 39.7 Å². The van der Waals surface area contributed by atoms with E-state index in [1.807, 2.05) is 25.7 Å². The minimum Gasteiger partial charge on any atom is -0.389 e. The molecule has 1 heterocycles. The van der Waals surface area contributed by atoms with Crippen molar-refractivity contribution in [1.82, 2.24) is 10.2 Å². The number of carbonyl (C=O) groups is 1. The number of aliphatic hydroxyl groups is 1. The fourth-order valence-electron chi connectivity index (χ4n) is 3.67. The summed E-state index contributed by atoms with van der Waals surface area (Å²) in [6.07, 6.45) is 5.03. The van der Waals surface area contributed by atoms with Crippen molar-refractivity contribution in [3.63, 3.8) is 0 Å². The molecule has 0 spiro atoms. The highest BCUT2D eigenvalue weighted by molar-refractivity contribution is 5.85. The molecular formula is C15H28N2O2. The van der Waals surface area contributed by atoms with Gasteiger partial charge in [0.2, 0.25) is 5.91 Å². The van der Waals surface area contributed by atoms with E-state index in [9.17, 15) is 9.90 Å². The van der Waals surface area contributed by atoms with Crippen molar-refractivity contribution in [2.75, 3.05) is 19.6 Å². The zero-order valence-corrected chi connectivity index (χ0v) is 12.5. The van der Waals surface area contributed by atoms with E-state index in [-0.39, 0.29) is 11.8 Å². The number of nitrogens with one attached hydrogen (secondary N) is 1. The molecule has 2 rings (SSSR count). The number of hydrogen-bond donors (Lipinski definition) is 2. The van der Waals surface area contributed by atoms with Crippen LogP contribution in [-0.2, 0) is 4.79 Å². The maximum atomic E-state index is 12.6. The average molecular weight is 268 g/mol. The number of hydrogen-bond acceptors (Lipinski definition) is 3. The molecule has 0 aromatic heterocycles. The Bertz CT molecular complexity index is 343. The van der Waals surface area contributed by atoms with Crippen molar-refractivity contribution in [3.05, 3.63) is 0 Å². The molecule has 2 atom stereocenters. The number of fused-ring (bicyclic) bond motifs is 1. The molecule has 2 N–H and O–H groups in total. The van der Waals surface area contributed by atoms with Gasteiger partial charge in [-0.2, -0.15) is 0 Å². The summed E-state index contributed by atoms with van der Waals surface area (Å²) < 4.78 is 0. The van der Waals surface area contributed by atoms with Crippen LogP contribution in [-0.4, -0.2) is 46.7 Å². The number of likely N-dealkylation sites (tertiary alicyclic amines) is 1. The van der Waals surface area contributed by atoms with Gasteiger partial charge in [0.15, 0.2) is 0 Å². The van der Waals surface area contributed by atoms with Gasteiger partial charge >= 0.3 is 0 Å². The first-order chi connectivity index (χ1) is 8.89. The van der Waals surface area contributed by atoms with Crippen LogP contribution in [0.4, 0.5) is 0 Å². The molecule has 0 aromatic carbocycles. The highest BCUT2D eigenvalue weighted by atomic mass is 16.3. The van der Waals surface area contributed by atoms with Gasteiger partial charge in [-0.15, -0.1) is 0 Å². The quantitative estimate of drug-likeness (QED) is 0.816. The van der Waals surface area contributed by atoms with Crippen LogP contribution in [0, 0.1) is 5.92 Å². The Hall–Kier alpha value is -0.610. The summed E-state index contributed by atoms with van der Waals surface area (Å²) in [6.45, 7) is 8.12. The minimum absolute atomic E-state index is 0.168. The Labute approximate surface area is 116 Å². The monoisotopic (exact) mass is 268 g/mol. The van der Waals surface area contributed by atoms with Crippen LogP contribution in [0.5, 0.6) is 0 Å².